The summed E-state index contributed by atoms with van der Waals surface area (Å²) in [5.41, 5.74) is 0.437. The van der Waals surface area contributed by atoms with Crippen molar-refractivity contribution in [3.63, 3.8) is 0 Å². The van der Waals surface area contributed by atoms with Gasteiger partial charge in [0.25, 0.3) is 0 Å². The third-order valence-corrected chi connectivity index (χ3v) is 3.31. The molecule has 1 unspecified atom stereocenters. The summed E-state index contributed by atoms with van der Waals surface area (Å²) >= 11 is 0. The lowest BCUT2D eigenvalue weighted by Gasteiger charge is -2.26. The minimum atomic E-state index is -1.24. The third kappa shape index (κ3) is 3.40. The molecule has 0 bridgehead atoms. The second-order valence-corrected chi connectivity index (χ2v) is 5.37. The zero-order valence-electron chi connectivity index (χ0n) is 12.5. The number of benzene rings is 1. The van der Waals surface area contributed by atoms with Crippen LogP contribution in [0.3, 0.4) is 0 Å². The molecule has 0 heterocycles. The number of rotatable bonds is 6. The fourth-order valence-corrected chi connectivity index (χ4v) is 2.16. The third-order valence-electron chi connectivity index (χ3n) is 3.31. The molecule has 0 aliphatic carbocycles. The number of hydrogen-bond donors (Lipinski definition) is 1. The van der Waals surface area contributed by atoms with Crippen molar-refractivity contribution >= 4 is 5.97 Å². The summed E-state index contributed by atoms with van der Waals surface area (Å²) in [5, 5.41) is 8.99. The standard InChI is InChI=1S/C15H21FO4/c1-9(16)11-6-10(15(2,3)8-13(17)18)7-12(19-4)14(11)20-5/h6-7,9H,8H2,1-5H3,(H,17,18). The second kappa shape index (κ2) is 6.11. The largest absolute Gasteiger partial charge is 0.493 e. The predicted octanol–water partition coefficient (Wildman–Crippen LogP) is 3.49. The van der Waals surface area contributed by atoms with Crippen LogP contribution in [0.2, 0.25) is 0 Å². The van der Waals surface area contributed by atoms with E-state index in [1.54, 1.807) is 26.0 Å². The summed E-state index contributed by atoms with van der Waals surface area (Å²) in [6.45, 7) is 5.01. The smallest absolute Gasteiger partial charge is 0.304 e. The van der Waals surface area contributed by atoms with Crippen molar-refractivity contribution in [1.29, 1.82) is 0 Å². The van der Waals surface area contributed by atoms with Gasteiger partial charge in [0.15, 0.2) is 11.5 Å². The van der Waals surface area contributed by atoms with Crippen LogP contribution in [0.15, 0.2) is 12.1 Å². The molecule has 0 saturated heterocycles. The summed E-state index contributed by atoms with van der Waals surface area (Å²) < 4.78 is 24.2. The van der Waals surface area contributed by atoms with Crippen LogP contribution in [0.4, 0.5) is 4.39 Å². The number of alkyl halides is 1. The van der Waals surface area contributed by atoms with E-state index in [1.165, 1.54) is 21.1 Å². The van der Waals surface area contributed by atoms with Crippen LogP contribution in [-0.2, 0) is 10.2 Å². The molecular formula is C15H21FO4. The van der Waals surface area contributed by atoms with E-state index >= 15 is 0 Å². The van der Waals surface area contributed by atoms with Crippen LogP contribution in [0, 0.1) is 0 Å². The van der Waals surface area contributed by atoms with E-state index in [9.17, 15) is 9.18 Å². The first-order chi connectivity index (χ1) is 9.22. The summed E-state index contributed by atoms with van der Waals surface area (Å²) in [6, 6.07) is 3.35. The topological polar surface area (TPSA) is 55.8 Å². The van der Waals surface area contributed by atoms with Gasteiger partial charge in [0.05, 0.1) is 20.6 Å². The van der Waals surface area contributed by atoms with Gasteiger partial charge in [-0.3, -0.25) is 4.79 Å². The van der Waals surface area contributed by atoms with Crippen LogP contribution in [0.1, 0.15) is 44.5 Å². The number of aliphatic carboxylic acids is 1. The molecule has 4 nitrogen and oxygen atoms in total. The molecule has 0 aliphatic heterocycles. The molecule has 0 saturated carbocycles. The van der Waals surface area contributed by atoms with E-state index in [0.29, 0.717) is 22.6 Å². The van der Waals surface area contributed by atoms with Crippen molar-refractivity contribution in [3.05, 3.63) is 23.3 Å². The molecule has 0 spiro atoms. The minimum Gasteiger partial charge on any atom is -0.493 e. The molecule has 5 heteroatoms. The van der Waals surface area contributed by atoms with Crippen molar-refractivity contribution in [2.75, 3.05) is 14.2 Å². The van der Waals surface area contributed by atoms with Gasteiger partial charge in [-0.15, -0.1) is 0 Å². The maximum absolute atomic E-state index is 13.8. The quantitative estimate of drug-likeness (QED) is 0.868. The molecule has 0 aliphatic rings. The number of carboxylic acid groups (broad SMARTS) is 1. The zero-order chi connectivity index (χ0) is 15.5. The second-order valence-electron chi connectivity index (χ2n) is 5.37. The Morgan fingerprint density at radius 1 is 1.35 bits per heavy atom. The Kier molecular flexibility index (Phi) is 4.98. The zero-order valence-corrected chi connectivity index (χ0v) is 12.5. The Balaban J connectivity index is 3.42. The lowest BCUT2D eigenvalue weighted by Crippen LogP contribution is -2.22. The summed E-state index contributed by atoms with van der Waals surface area (Å²) in [7, 11) is 2.92. The first-order valence-electron chi connectivity index (χ1n) is 6.35. The highest BCUT2D eigenvalue weighted by atomic mass is 19.1. The van der Waals surface area contributed by atoms with Crippen LogP contribution in [-0.4, -0.2) is 25.3 Å². The Labute approximate surface area is 118 Å². The summed E-state index contributed by atoms with van der Waals surface area (Å²) in [6.07, 6.45) is -1.29. The molecule has 0 radical (unpaired) electrons. The van der Waals surface area contributed by atoms with Gasteiger partial charge in [-0.05, 0) is 24.6 Å². The minimum absolute atomic E-state index is 0.0530. The maximum atomic E-state index is 13.8. The Bertz CT molecular complexity index is 495. The number of halogens is 1. The molecule has 0 amide bonds. The van der Waals surface area contributed by atoms with Gasteiger partial charge >= 0.3 is 5.97 Å². The Hall–Kier alpha value is -1.78. The first kappa shape index (κ1) is 16.3. The van der Waals surface area contributed by atoms with Crippen LogP contribution >= 0.6 is 0 Å². The molecule has 20 heavy (non-hydrogen) atoms. The van der Waals surface area contributed by atoms with Crippen molar-refractivity contribution in [3.8, 4) is 11.5 Å². The monoisotopic (exact) mass is 284 g/mol. The van der Waals surface area contributed by atoms with E-state index in [2.05, 4.69) is 0 Å². The molecule has 112 valence electrons. The molecule has 1 aromatic rings. The van der Waals surface area contributed by atoms with Crippen molar-refractivity contribution in [1.82, 2.24) is 0 Å². The lowest BCUT2D eigenvalue weighted by atomic mass is 9.80. The normalized spacial score (nSPS) is 12.9. The Morgan fingerprint density at radius 2 is 1.95 bits per heavy atom. The molecular weight excluding hydrogens is 263 g/mol. The highest BCUT2D eigenvalue weighted by Crippen LogP contribution is 2.41. The number of carboxylic acids is 1. The molecule has 1 atom stereocenters. The lowest BCUT2D eigenvalue weighted by molar-refractivity contribution is -0.138. The van der Waals surface area contributed by atoms with Gasteiger partial charge in [0, 0.05) is 11.0 Å². The number of carbonyl (C=O) groups is 1. The summed E-state index contributed by atoms with van der Waals surface area (Å²) in [5.74, 6) is -0.153. The SMILES string of the molecule is COc1cc(C(C)(C)CC(=O)O)cc(C(C)F)c1OC. The van der Waals surface area contributed by atoms with Crippen molar-refractivity contribution in [2.24, 2.45) is 0 Å². The van der Waals surface area contributed by atoms with E-state index in [0.717, 1.165) is 0 Å². The van der Waals surface area contributed by atoms with Gasteiger partial charge in [-0.2, -0.15) is 0 Å². The number of ether oxygens (including phenoxy) is 2. The van der Waals surface area contributed by atoms with Crippen LogP contribution in [0.5, 0.6) is 11.5 Å². The average molecular weight is 284 g/mol. The highest BCUT2D eigenvalue weighted by Gasteiger charge is 2.28. The van der Waals surface area contributed by atoms with E-state index in [4.69, 9.17) is 14.6 Å². The predicted molar refractivity (Wildman–Crippen MR) is 74.3 cm³/mol. The van der Waals surface area contributed by atoms with E-state index in [1.807, 2.05) is 0 Å². The highest BCUT2D eigenvalue weighted by molar-refractivity contribution is 5.69. The van der Waals surface area contributed by atoms with Gasteiger partial charge in [0.2, 0.25) is 0 Å². The van der Waals surface area contributed by atoms with Crippen molar-refractivity contribution < 1.29 is 23.8 Å². The maximum Gasteiger partial charge on any atom is 0.304 e. The summed E-state index contributed by atoms with van der Waals surface area (Å²) in [4.78, 5) is 11.0. The first-order valence-corrected chi connectivity index (χ1v) is 6.35. The van der Waals surface area contributed by atoms with Gasteiger partial charge < -0.3 is 14.6 Å². The average Bonchev–Trinajstić information content (AvgIpc) is 2.35. The van der Waals surface area contributed by atoms with Gasteiger partial charge in [-0.1, -0.05) is 13.8 Å². The molecule has 0 aromatic heterocycles. The van der Waals surface area contributed by atoms with Crippen LogP contribution < -0.4 is 9.47 Å². The fraction of sp³-hybridized carbons (Fsp3) is 0.533. The number of methoxy groups -OCH3 is 2. The number of hydrogen-bond acceptors (Lipinski definition) is 3. The van der Waals surface area contributed by atoms with E-state index < -0.39 is 17.6 Å². The molecule has 1 rings (SSSR count). The van der Waals surface area contributed by atoms with Crippen LogP contribution in [0.25, 0.3) is 0 Å². The molecule has 1 aromatic carbocycles. The van der Waals surface area contributed by atoms with Gasteiger partial charge in [-0.25, -0.2) is 4.39 Å². The fourth-order valence-electron chi connectivity index (χ4n) is 2.16. The van der Waals surface area contributed by atoms with Gasteiger partial charge in [0.1, 0.15) is 6.17 Å². The van der Waals surface area contributed by atoms with Crippen molar-refractivity contribution in [2.45, 2.75) is 38.8 Å². The van der Waals surface area contributed by atoms with E-state index in [-0.39, 0.29) is 6.42 Å². The Morgan fingerprint density at radius 3 is 2.35 bits per heavy atom. The molecule has 0 fully saturated rings. The molecule has 1 N–H and O–H groups in total.